The van der Waals surface area contributed by atoms with Gasteiger partial charge in [-0.15, -0.1) is 0 Å². The van der Waals surface area contributed by atoms with E-state index in [0.717, 1.165) is 19.3 Å². The summed E-state index contributed by atoms with van der Waals surface area (Å²) in [7, 11) is 1.61. The van der Waals surface area contributed by atoms with Crippen LogP contribution in [0.15, 0.2) is 0 Å². The van der Waals surface area contributed by atoms with Gasteiger partial charge in [0.1, 0.15) is 0 Å². The van der Waals surface area contributed by atoms with Crippen molar-refractivity contribution in [3.05, 3.63) is 0 Å². The fraction of sp³-hybridized carbons (Fsp3) is 1.00. The summed E-state index contributed by atoms with van der Waals surface area (Å²) >= 11 is 0. The number of methoxy groups -OCH3 is 1. The van der Waals surface area contributed by atoms with Crippen LogP contribution in [0.2, 0.25) is 0 Å². The summed E-state index contributed by atoms with van der Waals surface area (Å²) in [5.41, 5.74) is 5.38. The summed E-state index contributed by atoms with van der Waals surface area (Å²) in [6.07, 6.45) is 2.62. The van der Waals surface area contributed by atoms with E-state index in [1.54, 1.807) is 7.11 Å². The predicted octanol–water partition coefficient (Wildman–Crippen LogP) is 0.901. The van der Waals surface area contributed by atoms with Gasteiger partial charge in [0.25, 0.3) is 0 Å². The third kappa shape index (κ3) is 2.42. The van der Waals surface area contributed by atoms with Crippen molar-refractivity contribution in [2.45, 2.75) is 44.8 Å². The Morgan fingerprint density at radius 2 is 2.08 bits per heavy atom. The van der Waals surface area contributed by atoms with Crippen LogP contribution in [0.5, 0.6) is 0 Å². The summed E-state index contributed by atoms with van der Waals surface area (Å²) in [6.45, 7) is 4.78. The summed E-state index contributed by atoms with van der Waals surface area (Å²) in [5.74, 6) is 0. The summed E-state index contributed by atoms with van der Waals surface area (Å²) < 4.78 is 4.96. The highest BCUT2D eigenvalue weighted by Crippen LogP contribution is 2.44. The molecule has 0 heterocycles. The molecule has 0 radical (unpaired) electrons. The number of hydrogen-bond donors (Lipinski definition) is 2. The smallest absolute Gasteiger partial charge is 0.0825 e. The molecule has 0 saturated heterocycles. The molecule has 0 aromatic rings. The molecule has 2 unspecified atom stereocenters. The Kier molecular flexibility index (Phi) is 3.00. The van der Waals surface area contributed by atoms with Gasteiger partial charge in [-0.25, -0.2) is 0 Å². The van der Waals surface area contributed by atoms with Crippen molar-refractivity contribution in [2.24, 2.45) is 11.1 Å². The summed E-state index contributed by atoms with van der Waals surface area (Å²) in [5, 5.41) is 10.2. The van der Waals surface area contributed by atoms with Crippen molar-refractivity contribution >= 4 is 0 Å². The fourth-order valence-corrected chi connectivity index (χ4v) is 2.21. The van der Waals surface area contributed by atoms with Gasteiger partial charge in [0, 0.05) is 7.11 Å². The van der Waals surface area contributed by atoms with E-state index in [9.17, 15) is 5.11 Å². The van der Waals surface area contributed by atoms with Crippen LogP contribution < -0.4 is 5.73 Å². The Morgan fingerprint density at radius 1 is 1.46 bits per heavy atom. The highest BCUT2D eigenvalue weighted by Gasteiger charge is 2.45. The van der Waals surface area contributed by atoms with Gasteiger partial charge in [-0.1, -0.05) is 13.8 Å². The van der Waals surface area contributed by atoms with Crippen LogP contribution in [-0.4, -0.2) is 30.5 Å². The molecule has 1 aliphatic rings. The minimum atomic E-state index is -0.709. The maximum absolute atomic E-state index is 10.2. The number of rotatable bonds is 3. The van der Waals surface area contributed by atoms with Crippen LogP contribution in [-0.2, 0) is 4.74 Å². The second-order valence-corrected chi connectivity index (χ2v) is 5.01. The standard InChI is InChI=1S/C10H21NO2/c1-9(2)4-5-10(12,7-9)8(11)6-13-3/h8,12H,4-7,11H2,1-3H3. The molecular formula is C10H21NO2. The highest BCUT2D eigenvalue weighted by atomic mass is 16.5. The third-order valence-corrected chi connectivity index (χ3v) is 3.06. The van der Waals surface area contributed by atoms with Gasteiger partial charge in [0.2, 0.25) is 0 Å². The molecular weight excluding hydrogens is 166 g/mol. The first-order valence-electron chi connectivity index (χ1n) is 4.87. The highest BCUT2D eigenvalue weighted by molar-refractivity contribution is 4.99. The molecule has 0 aliphatic heterocycles. The van der Waals surface area contributed by atoms with Gasteiger partial charge in [0.15, 0.2) is 0 Å². The van der Waals surface area contributed by atoms with Crippen molar-refractivity contribution in [3.8, 4) is 0 Å². The Labute approximate surface area is 80.3 Å². The summed E-state index contributed by atoms with van der Waals surface area (Å²) in [6, 6.07) is -0.251. The largest absolute Gasteiger partial charge is 0.388 e. The first-order valence-corrected chi connectivity index (χ1v) is 4.87. The second kappa shape index (κ2) is 3.56. The molecule has 13 heavy (non-hydrogen) atoms. The molecule has 1 aliphatic carbocycles. The zero-order chi connectivity index (χ0) is 10.1. The zero-order valence-corrected chi connectivity index (χ0v) is 8.84. The first kappa shape index (κ1) is 11.0. The lowest BCUT2D eigenvalue weighted by Crippen LogP contribution is -2.49. The van der Waals surface area contributed by atoms with Crippen LogP contribution in [0.3, 0.4) is 0 Å². The molecule has 3 N–H and O–H groups in total. The minimum Gasteiger partial charge on any atom is -0.388 e. The Morgan fingerprint density at radius 3 is 2.46 bits per heavy atom. The fourth-order valence-electron chi connectivity index (χ4n) is 2.21. The van der Waals surface area contributed by atoms with E-state index in [1.807, 2.05) is 0 Å². The maximum Gasteiger partial charge on any atom is 0.0825 e. The number of nitrogens with two attached hydrogens (primary N) is 1. The van der Waals surface area contributed by atoms with Gasteiger partial charge in [0.05, 0.1) is 18.2 Å². The van der Waals surface area contributed by atoms with Gasteiger partial charge in [-0.05, 0) is 24.7 Å². The van der Waals surface area contributed by atoms with Crippen molar-refractivity contribution in [3.63, 3.8) is 0 Å². The predicted molar refractivity (Wildman–Crippen MR) is 52.4 cm³/mol. The van der Waals surface area contributed by atoms with Crippen LogP contribution in [0, 0.1) is 5.41 Å². The van der Waals surface area contributed by atoms with Crippen molar-refractivity contribution in [2.75, 3.05) is 13.7 Å². The van der Waals surface area contributed by atoms with Gasteiger partial charge in [-0.3, -0.25) is 0 Å². The normalized spacial score (nSPS) is 34.8. The van der Waals surface area contributed by atoms with Crippen molar-refractivity contribution < 1.29 is 9.84 Å². The molecule has 1 rings (SSSR count). The lowest BCUT2D eigenvalue weighted by molar-refractivity contribution is -0.0127. The van der Waals surface area contributed by atoms with Crippen LogP contribution in [0.4, 0.5) is 0 Å². The van der Waals surface area contributed by atoms with Gasteiger partial charge >= 0.3 is 0 Å². The molecule has 0 aromatic heterocycles. The van der Waals surface area contributed by atoms with Crippen molar-refractivity contribution in [1.29, 1.82) is 0 Å². The van der Waals surface area contributed by atoms with E-state index >= 15 is 0 Å². The molecule has 3 nitrogen and oxygen atoms in total. The molecule has 0 aromatic carbocycles. The van der Waals surface area contributed by atoms with E-state index < -0.39 is 5.60 Å². The van der Waals surface area contributed by atoms with Crippen molar-refractivity contribution in [1.82, 2.24) is 0 Å². The quantitative estimate of drug-likeness (QED) is 0.690. The molecule has 1 fully saturated rings. The summed E-state index contributed by atoms with van der Waals surface area (Å²) in [4.78, 5) is 0. The van der Waals surface area contributed by atoms with Gasteiger partial charge in [-0.2, -0.15) is 0 Å². The third-order valence-electron chi connectivity index (χ3n) is 3.06. The number of ether oxygens (including phenoxy) is 1. The van der Waals surface area contributed by atoms with E-state index in [2.05, 4.69) is 13.8 Å². The van der Waals surface area contributed by atoms with Crippen LogP contribution in [0.1, 0.15) is 33.1 Å². The molecule has 0 bridgehead atoms. The monoisotopic (exact) mass is 187 g/mol. The van der Waals surface area contributed by atoms with E-state index in [0.29, 0.717) is 6.61 Å². The second-order valence-electron chi connectivity index (χ2n) is 5.01. The SMILES string of the molecule is COCC(N)C1(O)CCC(C)(C)C1. The molecule has 3 heteroatoms. The molecule has 78 valence electrons. The molecule has 1 saturated carbocycles. The van der Waals surface area contributed by atoms with E-state index in [-0.39, 0.29) is 11.5 Å². The van der Waals surface area contributed by atoms with E-state index in [1.165, 1.54) is 0 Å². The molecule has 0 spiro atoms. The Hall–Kier alpha value is -0.120. The minimum absolute atomic E-state index is 0.222. The average Bonchev–Trinajstić information content (AvgIpc) is 2.28. The zero-order valence-electron chi connectivity index (χ0n) is 8.84. The first-order chi connectivity index (χ1) is 5.90. The number of aliphatic hydroxyl groups is 1. The lowest BCUT2D eigenvalue weighted by atomic mass is 9.86. The Balaban J connectivity index is 2.58. The van der Waals surface area contributed by atoms with E-state index in [4.69, 9.17) is 10.5 Å². The average molecular weight is 187 g/mol. The van der Waals surface area contributed by atoms with Crippen LogP contribution in [0.25, 0.3) is 0 Å². The Bertz CT molecular complexity index is 182. The van der Waals surface area contributed by atoms with Crippen LogP contribution >= 0.6 is 0 Å². The molecule has 0 amide bonds. The number of hydrogen-bond acceptors (Lipinski definition) is 3. The topological polar surface area (TPSA) is 55.5 Å². The molecule has 2 atom stereocenters. The van der Waals surface area contributed by atoms with Gasteiger partial charge < -0.3 is 15.6 Å². The lowest BCUT2D eigenvalue weighted by Gasteiger charge is -2.30. The maximum atomic E-state index is 10.2.